The number of hydrogen-bond donors (Lipinski definition) is 0. The normalized spacial score (nSPS) is 21.4. The lowest BCUT2D eigenvalue weighted by atomic mass is 9.84. The minimum absolute atomic E-state index is 0.0583. The first-order valence-electron chi connectivity index (χ1n) is 8.86. The van der Waals surface area contributed by atoms with Crippen molar-refractivity contribution >= 4 is 10.0 Å². The molecule has 2 aliphatic heterocycles. The Morgan fingerprint density at radius 1 is 1.04 bits per heavy atom. The monoisotopic (exact) mass is 381 g/mol. The highest BCUT2D eigenvalue weighted by molar-refractivity contribution is 7.89. The zero-order valence-electron chi connectivity index (χ0n) is 14.8. The first kappa shape index (κ1) is 16.5. The number of sulfonamides is 1. The largest absolute Gasteiger partial charge is 0.497 e. The fraction of sp³-hybridized carbons (Fsp3) is 0.250. The maximum absolute atomic E-state index is 13.2. The molecule has 2 atom stereocenters. The second kappa shape index (κ2) is 5.94. The van der Waals surface area contributed by atoms with Crippen molar-refractivity contribution in [2.45, 2.75) is 16.7 Å². The van der Waals surface area contributed by atoms with Crippen LogP contribution in [-0.2, 0) is 10.0 Å². The number of rotatable bonds is 3. The smallest absolute Gasteiger partial charge is 0.243 e. The van der Waals surface area contributed by atoms with Crippen LogP contribution in [0.25, 0.3) is 5.69 Å². The molecule has 0 saturated carbocycles. The van der Waals surface area contributed by atoms with Crippen LogP contribution in [0, 0.1) is 0 Å². The van der Waals surface area contributed by atoms with Crippen LogP contribution < -0.4 is 4.74 Å². The molecule has 3 heterocycles. The summed E-state index contributed by atoms with van der Waals surface area (Å²) in [6.45, 7) is 0.896. The van der Waals surface area contributed by atoms with Crippen molar-refractivity contribution < 1.29 is 13.2 Å². The van der Waals surface area contributed by atoms with Gasteiger partial charge in [0.25, 0.3) is 0 Å². The number of methoxy groups -OCH3 is 1. The van der Waals surface area contributed by atoms with Crippen molar-refractivity contribution in [3.05, 3.63) is 72.3 Å². The third-order valence-electron chi connectivity index (χ3n) is 5.58. The van der Waals surface area contributed by atoms with Gasteiger partial charge in [-0.3, -0.25) is 0 Å². The van der Waals surface area contributed by atoms with Gasteiger partial charge in [0.15, 0.2) is 0 Å². The van der Waals surface area contributed by atoms with E-state index in [1.165, 1.54) is 5.56 Å². The van der Waals surface area contributed by atoms with Gasteiger partial charge in [-0.15, -0.1) is 0 Å². The van der Waals surface area contributed by atoms with Crippen molar-refractivity contribution in [1.29, 1.82) is 0 Å². The second-order valence-electron chi connectivity index (χ2n) is 6.92. The van der Waals surface area contributed by atoms with E-state index >= 15 is 0 Å². The van der Waals surface area contributed by atoms with Gasteiger partial charge in [-0.1, -0.05) is 18.2 Å². The summed E-state index contributed by atoms with van der Waals surface area (Å²) in [7, 11) is -2.01. The van der Waals surface area contributed by atoms with E-state index in [0.29, 0.717) is 23.7 Å². The second-order valence-corrected chi connectivity index (χ2v) is 8.86. The van der Waals surface area contributed by atoms with E-state index < -0.39 is 10.0 Å². The zero-order valence-corrected chi connectivity index (χ0v) is 15.6. The molecule has 6 nitrogen and oxygen atoms in total. The van der Waals surface area contributed by atoms with Crippen LogP contribution in [-0.4, -0.2) is 42.5 Å². The molecule has 1 fully saturated rings. The first-order chi connectivity index (χ1) is 13.1. The average Bonchev–Trinajstić information content (AvgIpc) is 3.35. The molecule has 2 aromatic carbocycles. The SMILES string of the molecule is COc1ccc(S(=O)(=O)N2C[C@@H]3c4nccn4-c4ccccc4[C@@H]3C2)cc1. The molecule has 7 heteroatoms. The van der Waals surface area contributed by atoms with Crippen LogP contribution in [0.2, 0.25) is 0 Å². The molecule has 1 aromatic heterocycles. The summed E-state index contributed by atoms with van der Waals surface area (Å²) in [4.78, 5) is 4.83. The third-order valence-corrected chi connectivity index (χ3v) is 7.43. The highest BCUT2D eigenvalue weighted by atomic mass is 32.2. The van der Waals surface area contributed by atoms with Crippen molar-refractivity contribution in [3.8, 4) is 11.4 Å². The van der Waals surface area contributed by atoms with E-state index in [9.17, 15) is 8.42 Å². The van der Waals surface area contributed by atoms with E-state index in [-0.39, 0.29) is 11.8 Å². The van der Waals surface area contributed by atoms with Crippen LogP contribution in [0.5, 0.6) is 5.75 Å². The molecule has 0 amide bonds. The lowest BCUT2D eigenvalue weighted by Crippen LogP contribution is -2.29. The number of fused-ring (bicyclic) bond motifs is 6. The number of benzene rings is 2. The van der Waals surface area contributed by atoms with Gasteiger partial charge in [-0.25, -0.2) is 13.4 Å². The highest BCUT2D eigenvalue weighted by Crippen LogP contribution is 2.46. The van der Waals surface area contributed by atoms with Crippen LogP contribution in [0.4, 0.5) is 0 Å². The van der Waals surface area contributed by atoms with Crippen LogP contribution in [0.15, 0.2) is 65.8 Å². The Kier molecular flexibility index (Phi) is 3.63. The van der Waals surface area contributed by atoms with Gasteiger partial charge < -0.3 is 9.30 Å². The van der Waals surface area contributed by atoms with E-state index in [4.69, 9.17) is 4.74 Å². The molecule has 0 unspecified atom stereocenters. The van der Waals surface area contributed by atoms with Gasteiger partial charge in [-0.2, -0.15) is 4.31 Å². The molecule has 0 aliphatic carbocycles. The predicted molar refractivity (Wildman–Crippen MR) is 101 cm³/mol. The number of aromatic nitrogens is 2. The van der Waals surface area contributed by atoms with E-state index in [0.717, 1.165) is 11.5 Å². The quantitative estimate of drug-likeness (QED) is 0.700. The summed E-state index contributed by atoms with van der Waals surface area (Å²) in [6.07, 6.45) is 3.74. The summed E-state index contributed by atoms with van der Waals surface area (Å²) >= 11 is 0. The highest BCUT2D eigenvalue weighted by Gasteiger charge is 2.45. The van der Waals surface area contributed by atoms with Gasteiger partial charge >= 0.3 is 0 Å². The Balaban J connectivity index is 1.54. The number of para-hydroxylation sites is 1. The van der Waals surface area contributed by atoms with Gasteiger partial charge in [0.05, 0.1) is 17.7 Å². The molecule has 0 N–H and O–H groups in total. The van der Waals surface area contributed by atoms with Crippen molar-refractivity contribution in [1.82, 2.24) is 13.9 Å². The number of nitrogens with zero attached hydrogens (tertiary/aromatic N) is 3. The van der Waals surface area contributed by atoms with E-state index in [2.05, 4.69) is 21.7 Å². The minimum Gasteiger partial charge on any atom is -0.497 e. The van der Waals surface area contributed by atoms with E-state index in [1.807, 2.05) is 18.3 Å². The molecule has 0 spiro atoms. The van der Waals surface area contributed by atoms with Gasteiger partial charge in [-0.05, 0) is 35.9 Å². The van der Waals surface area contributed by atoms with Crippen LogP contribution in [0.1, 0.15) is 23.2 Å². The van der Waals surface area contributed by atoms with Gasteiger partial charge in [0.1, 0.15) is 11.6 Å². The third kappa shape index (κ3) is 2.42. The molecule has 0 bridgehead atoms. The summed E-state index contributed by atoms with van der Waals surface area (Å²) in [5.74, 6) is 1.75. The fourth-order valence-electron chi connectivity index (χ4n) is 4.25. The minimum atomic E-state index is -3.57. The molecule has 3 aromatic rings. The Bertz CT molecular complexity index is 1110. The maximum Gasteiger partial charge on any atom is 0.243 e. The molecular formula is C20H19N3O3S. The average molecular weight is 381 g/mol. The Labute approximate surface area is 158 Å². The van der Waals surface area contributed by atoms with Crippen LogP contribution >= 0.6 is 0 Å². The Hall–Kier alpha value is -2.64. The number of imidazole rings is 1. The summed E-state index contributed by atoms with van der Waals surface area (Å²) in [6, 6.07) is 14.7. The van der Waals surface area contributed by atoms with E-state index in [1.54, 1.807) is 41.9 Å². The number of ether oxygens (including phenoxy) is 1. The van der Waals surface area contributed by atoms with Gasteiger partial charge in [0, 0.05) is 37.3 Å². The lowest BCUT2D eigenvalue weighted by molar-refractivity contribution is 0.414. The molecular weight excluding hydrogens is 362 g/mol. The predicted octanol–water partition coefficient (Wildman–Crippen LogP) is 2.77. The topological polar surface area (TPSA) is 64.4 Å². The van der Waals surface area contributed by atoms with Crippen molar-refractivity contribution in [2.24, 2.45) is 0 Å². The van der Waals surface area contributed by atoms with Gasteiger partial charge in [0.2, 0.25) is 10.0 Å². The first-order valence-corrected chi connectivity index (χ1v) is 10.3. The summed E-state index contributed by atoms with van der Waals surface area (Å²) in [5.41, 5.74) is 2.27. The molecule has 2 aliphatic rings. The molecule has 138 valence electrons. The zero-order chi connectivity index (χ0) is 18.6. The van der Waals surface area contributed by atoms with Crippen LogP contribution in [0.3, 0.4) is 0 Å². The Morgan fingerprint density at radius 3 is 2.56 bits per heavy atom. The number of hydrogen-bond acceptors (Lipinski definition) is 4. The summed E-state index contributed by atoms with van der Waals surface area (Å²) in [5, 5.41) is 0. The van der Waals surface area contributed by atoms with Crippen molar-refractivity contribution in [2.75, 3.05) is 20.2 Å². The molecule has 27 heavy (non-hydrogen) atoms. The lowest BCUT2D eigenvalue weighted by Gasteiger charge is -2.28. The standard InChI is InChI=1S/C20H19N3O3S/c1-26-14-6-8-15(9-7-14)27(24,25)22-12-17-16-4-2-3-5-19(16)23-11-10-21-20(23)18(17)13-22/h2-11,17-18H,12-13H2,1H3/t17-,18-/m0/s1. The maximum atomic E-state index is 13.2. The molecule has 1 saturated heterocycles. The fourth-order valence-corrected chi connectivity index (χ4v) is 5.74. The molecule has 5 rings (SSSR count). The Morgan fingerprint density at radius 2 is 1.78 bits per heavy atom. The molecule has 0 radical (unpaired) electrons. The van der Waals surface area contributed by atoms with Crippen molar-refractivity contribution in [3.63, 3.8) is 0 Å². The summed E-state index contributed by atoms with van der Waals surface area (Å²) < 4.78 is 35.2.